The van der Waals surface area contributed by atoms with Crippen molar-refractivity contribution in [1.82, 2.24) is 10.6 Å². The number of rotatable bonds is 13. The second-order valence-corrected chi connectivity index (χ2v) is 4.26. The SMILES string of the molecule is CCCCCCCNCCCNCCOC. The van der Waals surface area contributed by atoms with Gasteiger partial charge >= 0.3 is 0 Å². The number of methoxy groups -OCH3 is 1. The molecule has 0 rings (SSSR count). The van der Waals surface area contributed by atoms with E-state index in [1.54, 1.807) is 7.11 Å². The first kappa shape index (κ1) is 15.9. The molecule has 98 valence electrons. The summed E-state index contributed by atoms with van der Waals surface area (Å²) >= 11 is 0. The lowest BCUT2D eigenvalue weighted by Gasteiger charge is -2.06. The first-order valence-corrected chi connectivity index (χ1v) is 6.82. The van der Waals surface area contributed by atoms with Crippen LogP contribution in [0.3, 0.4) is 0 Å². The lowest BCUT2D eigenvalue weighted by Crippen LogP contribution is -2.24. The summed E-state index contributed by atoms with van der Waals surface area (Å²) in [7, 11) is 1.74. The van der Waals surface area contributed by atoms with E-state index in [9.17, 15) is 0 Å². The Hall–Kier alpha value is -0.120. The van der Waals surface area contributed by atoms with Gasteiger partial charge in [0.05, 0.1) is 6.61 Å². The van der Waals surface area contributed by atoms with Gasteiger partial charge in [0.25, 0.3) is 0 Å². The van der Waals surface area contributed by atoms with Gasteiger partial charge in [-0.3, -0.25) is 0 Å². The molecule has 0 aromatic carbocycles. The summed E-state index contributed by atoms with van der Waals surface area (Å²) in [6.07, 6.45) is 8.05. The van der Waals surface area contributed by atoms with Crippen LogP contribution in [0.1, 0.15) is 45.4 Å². The molecule has 0 radical (unpaired) electrons. The van der Waals surface area contributed by atoms with E-state index in [4.69, 9.17) is 4.74 Å². The maximum Gasteiger partial charge on any atom is 0.0587 e. The topological polar surface area (TPSA) is 33.3 Å². The summed E-state index contributed by atoms with van der Waals surface area (Å²) in [5.41, 5.74) is 0. The van der Waals surface area contributed by atoms with Crippen molar-refractivity contribution >= 4 is 0 Å². The molecule has 0 bridgehead atoms. The minimum atomic E-state index is 0.810. The molecule has 0 aliphatic rings. The van der Waals surface area contributed by atoms with Crippen molar-refractivity contribution < 1.29 is 4.74 Å². The lowest BCUT2D eigenvalue weighted by molar-refractivity contribution is 0.199. The van der Waals surface area contributed by atoms with Crippen molar-refractivity contribution in [3.8, 4) is 0 Å². The third-order valence-corrected chi connectivity index (χ3v) is 2.65. The van der Waals surface area contributed by atoms with Crippen LogP contribution in [0.4, 0.5) is 0 Å². The molecule has 0 saturated carbocycles. The fourth-order valence-electron chi connectivity index (χ4n) is 1.62. The summed E-state index contributed by atoms with van der Waals surface area (Å²) < 4.78 is 4.96. The molecule has 0 atom stereocenters. The van der Waals surface area contributed by atoms with E-state index in [0.717, 1.165) is 26.2 Å². The molecule has 0 unspecified atom stereocenters. The van der Waals surface area contributed by atoms with Crippen LogP contribution in [-0.2, 0) is 4.74 Å². The maximum atomic E-state index is 4.96. The Kier molecular flexibility index (Phi) is 14.8. The fourth-order valence-corrected chi connectivity index (χ4v) is 1.62. The highest BCUT2D eigenvalue weighted by atomic mass is 16.5. The van der Waals surface area contributed by atoms with Gasteiger partial charge in [-0.2, -0.15) is 0 Å². The Bertz CT molecular complexity index is 107. The quantitative estimate of drug-likeness (QED) is 0.476. The van der Waals surface area contributed by atoms with Gasteiger partial charge in [0.2, 0.25) is 0 Å². The molecule has 0 heterocycles. The fraction of sp³-hybridized carbons (Fsp3) is 1.00. The van der Waals surface area contributed by atoms with E-state index < -0.39 is 0 Å². The van der Waals surface area contributed by atoms with Gasteiger partial charge in [-0.1, -0.05) is 32.6 Å². The zero-order valence-corrected chi connectivity index (χ0v) is 11.2. The van der Waals surface area contributed by atoms with Crippen LogP contribution in [0.15, 0.2) is 0 Å². The summed E-state index contributed by atoms with van der Waals surface area (Å²) in [6.45, 7) is 7.44. The van der Waals surface area contributed by atoms with Crippen molar-refractivity contribution in [2.45, 2.75) is 45.4 Å². The van der Waals surface area contributed by atoms with Gasteiger partial charge in [0.15, 0.2) is 0 Å². The molecule has 0 spiro atoms. The molecule has 0 aliphatic heterocycles. The average molecular weight is 230 g/mol. The number of hydrogen-bond donors (Lipinski definition) is 2. The third-order valence-electron chi connectivity index (χ3n) is 2.65. The Morgan fingerprint density at radius 1 is 0.750 bits per heavy atom. The molecule has 0 aromatic rings. The van der Waals surface area contributed by atoms with Crippen molar-refractivity contribution in [3.63, 3.8) is 0 Å². The first-order chi connectivity index (χ1) is 7.91. The normalized spacial score (nSPS) is 10.9. The Labute approximate surface area is 101 Å². The van der Waals surface area contributed by atoms with E-state index in [1.165, 1.54) is 45.1 Å². The second-order valence-electron chi connectivity index (χ2n) is 4.26. The van der Waals surface area contributed by atoms with Gasteiger partial charge in [-0.25, -0.2) is 0 Å². The zero-order valence-electron chi connectivity index (χ0n) is 11.2. The van der Waals surface area contributed by atoms with Crippen molar-refractivity contribution in [2.24, 2.45) is 0 Å². The molecule has 0 amide bonds. The summed E-state index contributed by atoms with van der Waals surface area (Å²) in [5.74, 6) is 0. The molecule has 3 nitrogen and oxygen atoms in total. The molecule has 16 heavy (non-hydrogen) atoms. The minimum absolute atomic E-state index is 0.810. The smallest absolute Gasteiger partial charge is 0.0587 e. The summed E-state index contributed by atoms with van der Waals surface area (Å²) in [5, 5.41) is 6.82. The third kappa shape index (κ3) is 13.9. The van der Waals surface area contributed by atoms with E-state index in [0.29, 0.717) is 0 Å². The molecular weight excluding hydrogens is 200 g/mol. The molecule has 0 aromatic heterocycles. The zero-order chi connectivity index (χ0) is 11.9. The Morgan fingerprint density at radius 2 is 1.38 bits per heavy atom. The van der Waals surface area contributed by atoms with Gasteiger partial charge < -0.3 is 15.4 Å². The van der Waals surface area contributed by atoms with Crippen LogP contribution in [0, 0.1) is 0 Å². The largest absolute Gasteiger partial charge is 0.383 e. The molecule has 0 fully saturated rings. The van der Waals surface area contributed by atoms with Gasteiger partial charge in [-0.05, 0) is 32.5 Å². The minimum Gasteiger partial charge on any atom is -0.383 e. The maximum absolute atomic E-state index is 4.96. The molecular formula is C13H30N2O. The van der Waals surface area contributed by atoms with Crippen LogP contribution in [0.5, 0.6) is 0 Å². The summed E-state index contributed by atoms with van der Waals surface area (Å²) in [4.78, 5) is 0. The molecule has 0 aliphatic carbocycles. The Balaban J connectivity index is 2.83. The lowest BCUT2D eigenvalue weighted by atomic mass is 10.1. The molecule has 3 heteroatoms. The Morgan fingerprint density at radius 3 is 2.06 bits per heavy atom. The van der Waals surface area contributed by atoms with Crippen molar-refractivity contribution in [2.75, 3.05) is 39.9 Å². The van der Waals surface area contributed by atoms with E-state index in [2.05, 4.69) is 17.6 Å². The number of nitrogens with one attached hydrogen (secondary N) is 2. The predicted octanol–water partition coefficient (Wildman–Crippen LogP) is 2.17. The van der Waals surface area contributed by atoms with Gasteiger partial charge in [-0.15, -0.1) is 0 Å². The van der Waals surface area contributed by atoms with Crippen LogP contribution in [0.2, 0.25) is 0 Å². The van der Waals surface area contributed by atoms with E-state index in [-0.39, 0.29) is 0 Å². The molecule has 0 saturated heterocycles. The van der Waals surface area contributed by atoms with Crippen LogP contribution < -0.4 is 10.6 Å². The average Bonchev–Trinajstić information content (AvgIpc) is 2.31. The number of hydrogen-bond acceptors (Lipinski definition) is 3. The standard InChI is InChI=1S/C13H30N2O/c1-3-4-5-6-7-9-14-10-8-11-15-12-13-16-2/h14-15H,3-13H2,1-2H3. The first-order valence-electron chi connectivity index (χ1n) is 6.82. The second kappa shape index (κ2) is 14.9. The van der Waals surface area contributed by atoms with Gasteiger partial charge in [0, 0.05) is 13.7 Å². The van der Waals surface area contributed by atoms with E-state index >= 15 is 0 Å². The highest BCUT2D eigenvalue weighted by Crippen LogP contribution is 2.00. The highest BCUT2D eigenvalue weighted by molar-refractivity contribution is 4.52. The van der Waals surface area contributed by atoms with Crippen LogP contribution in [0.25, 0.3) is 0 Å². The van der Waals surface area contributed by atoms with Crippen molar-refractivity contribution in [1.29, 1.82) is 0 Å². The monoisotopic (exact) mass is 230 g/mol. The molecule has 2 N–H and O–H groups in total. The summed E-state index contributed by atoms with van der Waals surface area (Å²) in [6, 6.07) is 0. The van der Waals surface area contributed by atoms with Crippen molar-refractivity contribution in [3.05, 3.63) is 0 Å². The predicted molar refractivity (Wildman–Crippen MR) is 71.0 cm³/mol. The van der Waals surface area contributed by atoms with E-state index in [1.807, 2.05) is 0 Å². The highest BCUT2D eigenvalue weighted by Gasteiger charge is 1.90. The van der Waals surface area contributed by atoms with Crippen LogP contribution >= 0.6 is 0 Å². The number of unbranched alkanes of at least 4 members (excludes halogenated alkanes) is 4. The number of ether oxygens (including phenoxy) is 1. The van der Waals surface area contributed by atoms with Crippen LogP contribution in [-0.4, -0.2) is 39.9 Å². The van der Waals surface area contributed by atoms with Gasteiger partial charge in [0.1, 0.15) is 0 Å².